The normalized spacial score (nSPS) is 11.5. The Bertz CT molecular complexity index is 1100. The summed E-state index contributed by atoms with van der Waals surface area (Å²) in [7, 11) is 1.62. The first-order valence-corrected chi connectivity index (χ1v) is 8.67. The molecule has 0 spiro atoms. The Morgan fingerprint density at radius 1 is 1.08 bits per heavy atom. The van der Waals surface area contributed by atoms with Gasteiger partial charge in [-0.3, -0.25) is 4.57 Å². The van der Waals surface area contributed by atoms with Crippen LogP contribution in [-0.4, -0.2) is 26.8 Å². The molecule has 130 valence electrons. The predicted molar refractivity (Wildman–Crippen MR) is 100 cm³/mol. The van der Waals surface area contributed by atoms with Crippen molar-refractivity contribution in [2.45, 2.75) is 6.92 Å². The number of aromatic hydroxyl groups is 1. The van der Waals surface area contributed by atoms with Crippen LogP contribution in [-0.2, 0) is 0 Å². The topological polar surface area (TPSA) is 84.9 Å². The second-order valence-electron chi connectivity index (χ2n) is 5.51. The summed E-state index contributed by atoms with van der Waals surface area (Å²) in [5, 5.41) is 19.0. The Morgan fingerprint density at radius 3 is 2.65 bits per heavy atom. The maximum absolute atomic E-state index is 10.1. The van der Waals surface area contributed by atoms with Gasteiger partial charge in [-0.05, 0) is 37.3 Å². The van der Waals surface area contributed by atoms with Crippen molar-refractivity contribution in [3.63, 3.8) is 0 Å². The molecule has 1 N–H and O–H groups in total. The van der Waals surface area contributed by atoms with Gasteiger partial charge in [-0.2, -0.15) is 4.98 Å². The summed E-state index contributed by atoms with van der Waals surface area (Å²) in [6.07, 6.45) is 0. The number of imidazole rings is 1. The summed E-state index contributed by atoms with van der Waals surface area (Å²) in [4.78, 5) is 8.53. The summed E-state index contributed by atoms with van der Waals surface area (Å²) in [6, 6.07) is 15.2. The quantitative estimate of drug-likeness (QED) is 0.520. The molecule has 4 rings (SSSR count). The Morgan fingerprint density at radius 2 is 1.88 bits per heavy atom. The van der Waals surface area contributed by atoms with Crippen LogP contribution in [0.5, 0.6) is 11.6 Å². The highest BCUT2D eigenvalue weighted by molar-refractivity contribution is 7.21. The Kier molecular flexibility index (Phi) is 4.10. The SMILES string of the molecule is COc1ccc2nc(/N=N/c3c(O)nc(C)n3-c3ccccc3)sc2c1. The van der Waals surface area contributed by atoms with E-state index < -0.39 is 0 Å². The molecule has 0 fully saturated rings. The van der Waals surface area contributed by atoms with Crippen molar-refractivity contribution in [3.05, 3.63) is 54.4 Å². The van der Waals surface area contributed by atoms with Crippen molar-refractivity contribution in [2.24, 2.45) is 10.2 Å². The standard InChI is InChI=1S/C18H15N5O2S/c1-11-19-17(24)16(23(11)12-6-4-3-5-7-12)21-22-18-20-14-9-8-13(25-2)10-15(14)26-18/h3-10,24H,1-2H3/b22-21+. The van der Waals surface area contributed by atoms with Gasteiger partial charge < -0.3 is 9.84 Å². The van der Waals surface area contributed by atoms with Gasteiger partial charge in [0.15, 0.2) is 0 Å². The van der Waals surface area contributed by atoms with Crippen molar-refractivity contribution in [2.75, 3.05) is 7.11 Å². The molecular weight excluding hydrogens is 350 g/mol. The van der Waals surface area contributed by atoms with Crippen molar-refractivity contribution in [1.29, 1.82) is 0 Å². The maximum Gasteiger partial charge on any atom is 0.259 e. The first kappa shape index (κ1) is 16.2. The number of ether oxygens (including phenoxy) is 1. The van der Waals surface area contributed by atoms with E-state index in [1.54, 1.807) is 18.6 Å². The smallest absolute Gasteiger partial charge is 0.259 e. The minimum absolute atomic E-state index is 0.169. The zero-order valence-electron chi connectivity index (χ0n) is 14.1. The summed E-state index contributed by atoms with van der Waals surface area (Å²) >= 11 is 1.40. The molecule has 0 atom stereocenters. The van der Waals surface area contributed by atoms with E-state index in [4.69, 9.17) is 4.74 Å². The number of aromatic nitrogens is 3. The van der Waals surface area contributed by atoms with Gasteiger partial charge in [0, 0.05) is 5.69 Å². The number of rotatable bonds is 4. The van der Waals surface area contributed by atoms with Gasteiger partial charge in [0.1, 0.15) is 11.6 Å². The number of para-hydroxylation sites is 1. The van der Waals surface area contributed by atoms with Gasteiger partial charge in [-0.1, -0.05) is 29.5 Å². The number of fused-ring (bicyclic) bond motifs is 1. The van der Waals surface area contributed by atoms with E-state index >= 15 is 0 Å². The number of azo groups is 1. The van der Waals surface area contributed by atoms with Crippen LogP contribution in [0.4, 0.5) is 10.9 Å². The fourth-order valence-corrected chi connectivity index (χ4v) is 3.45. The number of thiazole rings is 1. The summed E-state index contributed by atoms with van der Waals surface area (Å²) in [5.74, 6) is 1.49. The number of hydrogen-bond donors (Lipinski definition) is 1. The highest BCUT2D eigenvalue weighted by Gasteiger charge is 2.15. The highest BCUT2D eigenvalue weighted by Crippen LogP contribution is 2.35. The number of methoxy groups -OCH3 is 1. The lowest BCUT2D eigenvalue weighted by molar-refractivity contribution is 0.415. The lowest BCUT2D eigenvalue weighted by atomic mass is 10.3. The van der Waals surface area contributed by atoms with E-state index in [0.717, 1.165) is 21.7 Å². The van der Waals surface area contributed by atoms with Crippen LogP contribution in [0.15, 0.2) is 58.8 Å². The second-order valence-corrected chi connectivity index (χ2v) is 6.52. The van der Waals surface area contributed by atoms with Gasteiger partial charge >= 0.3 is 0 Å². The molecule has 0 amide bonds. The Labute approximate surface area is 153 Å². The van der Waals surface area contributed by atoms with Crippen LogP contribution in [0.1, 0.15) is 5.82 Å². The highest BCUT2D eigenvalue weighted by atomic mass is 32.1. The van der Waals surface area contributed by atoms with Gasteiger partial charge in [0.05, 0.1) is 17.3 Å². The molecule has 0 unspecified atom stereocenters. The van der Waals surface area contributed by atoms with Crippen molar-refractivity contribution in [1.82, 2.24) is 14.5 Å². The fraction of sp³-hybridized carbons (Fsp3) is 0.111. The van der Waals surface area contributed by atoms with E-state index in [0.29, 0.717) is 11.0 Å². The molecule has 2 heterocycles. The molecule has 26 heavy (non-hydrogen) atoms. The van der Waals surface area contributed by atoms with Gasteiger partial charge in [0.2, 0.25) is 10.9 Å². The van der Waals surface area contributed by atoms with Crippen molar-refractivity contribution >= 4 is 32.5 Å². The maximum atomic E-state index is 10.1. The van der Waals surface area contributed by atoms with Crippen LogP contribution >= 0.6 is 11.3 Å². The molecule has 2 aromatic heterocycles. The first-order chi connectivity index (χ1) is 12.7. The van der Waals surface area contributed by atoms with Crippen LogP contribution in [0.2, 0.25) is 0 Å². The van der Waals surface area contributed by atoms with Crippen LogP contribution in [0, 0.1) is 6.92 Å². The minimum Gasteiger partial charge on any atom is -0.497 e. The minimum atomic E-state index is -0.169. The molecule has 0 aliphatic carbocycles. The van der Waals surface area contributed by atoms with E-state index in [9.17, 15) is 5.11 Å². The van der Waals surface area contributed by atoms with Gasteiger partial charge in [-0.25, -0.2) is 4.98 Å². The molecule has 0 saturated heterocycles. The average Bonchev–Trinajstić information content (AvgIpc) is 3.19. The summed E-state index contributed by atoms with van der Waals surface area (Å²) in [6.45, 7) is 1.80. The zero-order chi connectivity index (χ0) is 18.1. The zero-order valence-corrected chi connectivity index (χ0v) is 14.9. The largest absolute Gasteiger partial charge is 0.497 e. The van der Waals surface area contributed by atoms with Gasteiger partial charge in [0.25, 0.3) is 5.88 Å². The van der Waals surface area contributed by atoms with Crippen molar-refractivity contribution in [3.8, 4) is 17.3 Å². The molecule has 2 aromatic carbocycles. The van der Waals surface area contributed by atoms with Crippen LogP contribution < -0.4 is 4.74 Å². The van der Waals surface area contributed by atoms with E-state index in [1.165, 1.54) is 11.3 Å². The molecule has 0 saturated carbocycles. The summed E-state index contributed by atoms with van der Waals surface area (Å²) in [5.41, 5.74) is 1.67. The molecule has 7 nitrogen and oxygen atoms in total. The first-order valence-electron chi connectivity index (χ1n) is 7.86. The third-order valence-corrected chi connectivity index (χ3v) is 4.73. The molecule has 0 aliphatic heterocycles. The van der Waals surface area contributed by atoms with E-state index in [2.05, 4.69) is 20.2 Å². The Hall–Kier alpha value is -3.26. The number of hydrogen-bond acceptors (Lipinski definition) is 7. The third-order valence-electron chi connectivity index (χ3n) is 3.83. The van der Waals surface area contributed by atoms with E-state index in [1.807, 2.05) is 48.5 Å². The van der Waals surface area contributed by atoms with Crippen molar-refractivity contribution < 1.29 is 9.84 Å². The number of aryl methyl sites for hydroxylation is 1. The van der Waals surface area contributed by atoms with Crippen LogP contribution in [0.3, 0.4) is 0 Å². The molecule has 0 bridgehead atoms. The van der Waals surface area contributed by atoms with Crippen LogP contribution in [0.25, 0.3) is 15.9 Å². The molecular formula is C18H15N5O2S. The lowest BCUT2D eigenvalue weighted by Gasteiger charge is -2.05. The average molecular weight is 365 g/mol. The molecule has 0 aliphatic rings. The second kappa shape index (κ2) is 6.57. The van der Waals surface area contributed by atoms with Gasteiger partial charge in [-0.15, -0.1) is 10.2 Å². The van der Waals surface area contributed by atoms with E-state index in [-0.39, 0.29) is 11.7 Å². The number of nitrogens with zero attached hydrogens (tertiary/aromatic N) is 5. The lowest BCUT2D eigenvalue weighted by Crippen LogP contribution is -1.95. The molecule has 4 aromatic rings. The Balaban J connectivity index is 1.73. The predicted octanol–water partition coefficient (Wildman–Crippen LogP) is 4.92. The fourth-order valence-electron chi connectivity index (χ4n) is 2.63. The number of benzene rings is 2. The third kappa shape index (κ3) is 2.91. The summed E-state index contributed by atoms with van der Waals surface area (Å²) < 4.78 is 7.92. The monoisotopic (exact) mass is 365 g/mol. The molecule has 8 heteroatoms. The molecule has 0 radical (unpaired) electrons.